The van der Waals surface area contributed by atoms with Gasteiger partial charge in [0.2, 0.25) is 0 Å². The first-order chi connectivity index (χ1) is 13.6. The van der Waals surface area contributed by atoms with E-state index in [4.69, 9.17) is 6.57 Å². The zero-order valence-electron chi connectivity index (χ0n) is 15.0. The maximum absolute atomic E-state index is 14.1. The lowest BCUT2D eigenvalue weighted by atomic mass is 10.0. The molecule has 0 radical (unpaired) electrons. The van der Waals surface area contributed by atoms with Crippen LogP contribution in [0.4, 0.5) is 27.6 Å². The van der Waals surface area contributed by atoms with Crippen LogP contribution in [-0.4, -0.2) is 4.57 Å². The van der Waals surface area contributed by atoms with Crippen molar-refractivity contribution >= 4 is 5.69 Å². The SMILES string of the molecule is [C-]#[N+]c1c(C(F)(F)F)cc(-c2cccc(C)c2)n(Cc2cccc(F)c2F)c1=O. The lowest BCUT2D eigenvalue weighted by Crippen LogP contribution is -2.25. The summed E-state index contributed by atoms with van der Waals surface area (Å²) in [6, 6.07) is 10.4. The van der Waals surface area contributed by atoms with E-state index in [1.54, 1.807) is 25.1 Å². The second-order valence-electron chi connectivity index (χ2n) is 6.38. The van der Waals surface area contributed by atoms with Crippen molar-refractivity contribution in [3.63, 3.8) is 0 Å². The average molecular weight is 404 g/mol. The first-order valence-electron chi connectivity index (χ1n) is 8.36. The fourth-order valence-electron chi connectivity index (χ4n) is 3.00. The Morgan fingerprint density at radius 2 is 1.76 bits per heavy atom. The molecule has 8 heteroatoms. The van der Waals surface area contributed by atoms with E-state index in [1.165, 1.54) is 18.2 Å². The van der Waals surface area contributed by atoms with E-state index in [-0.39, 0.29) is 16.8 Å². The number of nitrogens with zero attached hydrogens (tertiary/aromatic N) is 2. The molecule has 0 saturated heterocycles. The van der Waals surface area contributed by atoms with E-state index < -0.39 is 41.2 Å². The summed E-state index contributed by atoms with van der Waals surface area (Å²) in [4.78, 5) is 15.5. The van der Waals surface area contributed by atoms with Gasteiger partial charge in [-0.3, -0.25) is 4.79 Å². The smallest absolute Gasteiger partial charge is 0.313 e. The molecular weight excluding hydrogens is 391 g/mol. The van der Waals surface area contributed by atoms with E-state index >= 15 is 0 Å². The highest BCUT2D eigenvalue weighted by atomic mass is 19.4. The second-order valence-corrected chi connectivity index (χ2v) is 6.38. The van der Waals surface area contributed by atoms with E-state index in [9.17, 15) is 26.7 Å². The van der Waals surface area contributed by atoms with Gasteiger partial charge in [-0.15, -0.1) is 0 Å². The number of alkyl halides is 3. The molecule has 0 saturated carbocycles. The molecule has 3 aromatic rings. The van der Waals surface area contributed by atoms with Crippen LogP contribution in [0.3, 0.4) is 0 Å². The van der Waals surface area contributed by atoms with Crippen molar-refractivity contribution in [1.29, 1.82) is 0 Å². The van der Waals surface area contributed by atoms with Gasteiger partial charge in [-0.25, -0.2) is 13.6 Å². The highest BCUT2D eigenvalue weighted by Gasteiger charge is 2.36. The molecule has 0 bridgehead atoms. The van der Waals surface area contributed by atoms with Crippen LogP contribution < -0.4 is 5.56 Å². The average Bonchev–Trinajstić information content (AvgIpc) is 2.65. The van der Waals surface area contributed by atoms with Crippen molar-refractivity contribution in [2.75, 3.05) is 0 Å². The van der Waals surface area contributed by atoms with Crippen LogP contribution in [0.2, 0.25) is 0 Å². The van der Waals surface area contributed by atoms with Crippen LogP contribution in [0.25, 0.3) is 16.1 Å². The zero-order valence-corrected chi connectivity index (χ0v) is 15.0. The predicted molar refractivity (Wildman–Crippen MR) is 97.6 cm³/mol. The van der Waals surface area contributed by atoms with Crippen molar-refractivity contribution in [2.45, 2.75) is 19.6 Å². The number of hydrogen-bond donors (Lipinski definition) is 0. The second kappa shape index (κ2) is 7.51. The summed E-state index contributed by atoms with van der Waals surface area (Å²) in [5.74, 6) is -2.36. The van der Waals surface area contributed by atoms with Gasteiger partial charge in [0, 0.05) is 11.3 Å². The number of halogens is 5. The molecule has 0 aliphatic carbocycles. The highest BCUT2D eigenvalue weighted by Crippen LogP contribution is 2.37. The van der Waals surface area contributed by atoms with Crippen molar-refractivity contribution in [3.05, 3.63) is 98.6 Å². The van der Waals surface area contributed by atoms with E-state index in [0.717, 1.165) is 16.2 Å². The van der Waals surface area contributed by atoms with E-state index in [2.05, 4.69) is 4.85 Å². The number of aromatic nitrogens is 1. The summed E-state index contributed by atoms with van der Waals surface area (Å²) in [7, 11) is 0. The first-order valence-corrected chi connectivity index (χ1v) is 8.36. The van der Waals surface area contributed by atoms with Gasteiger partial charge in [0.05, 0.1) is 18.7 Å². The molecule has 0 fully saturated rings. The lowest BCUT2D eigenvalue weighted by Gasteiger charge is -2.18. The molecule has 1 aromatic heterocycles. The molecule has 1 heterocycles. The van der Waals surface area contributed by atoms with Crippen molar-refractivity contribution in [3.8, 4) is 11.3 Å². The zero-order chi connectivity index (χ0) is 21.3. The van der Waals surface area contributed by atoms with Crippen LogP contribution in [0.5, 0.6) is 0 Å². The molecule has 3 rings (SSSR count). The van der Waals surface area contributed by atoms with Gasteiger partial charge in [-0.05, 0) is 30.7 Å². The molecule has 0 spiro atoms. The molecule has 0 N–H and O–H groups in total. The van der Waals surface area contributed by atoms with Gasteiger partial charge in [0.25, 0.3) is 11.2 Å². The number of rotatable bonds is 3. The largest absolute Gasteiger partial charge is 0.407 e. The van der Waals surface area contributed by atoms with E-state index in [0.29, 0.717) is 6.07 Å². The van der Waals surface area contributed by atoms with Crippen molar-refractivity contribution in [1.82, 2.24) is 4.57 Å². The van der Waals surface area contributed by atoms with Crippen LogP contribution in [0, 0.1) is 25.1 Å². The Bertz CT molecular complexity index is 1190. The summed E-state index contributed by atoms with van der Waals surface area (Å²) in [5, 5.41) is 0. The molecule has 2 aromatic carbocycles. The molecule has 0 atom stereocenters. The normalized spacial score (nSPS) is 11.3. The van der Waals surface area contributed by atoms with Gasteiger partial charge < -0.3 is 4.57 Å². The van der Waals surface area contributed by atoms with Crippen LogP contribution >= 0.6 is 0 Å². The Labute approximate surface area is 162 Å². The Morgan fingerprint density at radius 3 is 2.38 bits per heavy atom. The number of benzene rings is 2. The Hall–Kier alpha value is -3.47. The summed E-state index contributed by atoms with van der Waals surface area (Å²) in [6.07, 6.45) is -4.93. The monoisotopic (exact) mass is 404 g/mol. The van der Waals surface area contributed by atoms with Crippen LogP contribution in [-0.2, 0) is 12.7 Å². The summed E-state index contributed by atoms with van der Waals surface area (Å²) >= 11 is 0. The first kappa shape index (κ1) is 20.3. The van der Waals surface area contributed by atoms with E-state index in [1.807, 2.05) is 0 Å². The van der Waals surface area contributed by atoms with Gasteiger partial charge in [-0.1, -0.05) is 35.9 Å². The molecule has 0 unspecified atom stereocenters. The fraction of sp³-hybridized carbons (Fsp3) is 0.143. The van der Waals surface area contributed by atoms with Crippen LogP contribution in [0.15, 0.2) is 53.3 Å². The summed E-state index contributed by atoms with van der Waals surface area (Å²) in [5.41, 5.74) is -3.09. The summed E-state index contributed by atoms with van der Waals surface area (Å²) < 4.78 is 69.0. The minimum absolute atomic E-state index is 0.151. The Kier molecular flexibility index (Phi) is 5.25. The van der Waals surface area contributed by atoms with Gasteiger partial charge in [-0.2, -0.15) is 13.2 Å². The quantitative estimate of drug-likeness (QED) is 0.405. The van der Waals surface area contributed by atoms with Crippen molar-refractivity contribution in [2.24, 2.45) is 0 Å². The fourth-order valence-corrected chi connectivity index (χ4v) is 3.00. The molecule has 148 valence electrons. The maximum Gasteiger partial charge on any atom is 0.407 e. The van der Waals surface area contributed by atoms with Gasteiger partial charge in [0.1, 0.15) is 0 Å². The predicted octanol–water partition coefficient (Wildman–Crippen LogP) is 5.72. The Morgan fingerprint density at radius 1 is 1.07 bits per heavy atom. The minimum Gasteiger partial charge on any atom is -0.313 e. The molecule has 3 nitrogen and oxygen atoms in total. The van der Waals surface area contributed by atoms with Crippen LogP contribution in [0.1, 0.15) is 16.7 Å². The van der Waals surface area contributed by atoms with Gasteiger partial charge in [0.15, 0.2) is 11.6 Å². The third kappa shape index (κ3) is 3.90. The number of pyridine rings is 1. The number of hydrogen-bond acceptors (Lipinski definition) is 1. The van der Waals surface area contributed by atoms with Crippen molar-refractivity contribution < 1.29 is 22.0 Å². The maximum atomic E-state index is 14.1. The molecule has 29 heavy (non-hydrogen) atoms. The van der Waals surface area contributed by atoms with Gasteiger partial charge >= 0.3 is 6.18 Å². The molecule has 0 aliphatic rings. The lowest BCUT2D eigenvalue weighted by molar-refractivity contribution is -0.136. The molecular formula is C21H13F5N2O. The molecule has 0 amide bonds. The Balaban J connectivity index is 2.35. The topological polar surface area (TPSA) is 26.4 Å². The summed E-state index contributed by atoms with van der Waals surface area (Å²) in [6.45, 7) is 8.23. The molecule has 0 aliphatic heterocycles. The third-order valence-electron chi connectivity index (χ3n) is 4.37. The highest BCUT2D eigenvalue weighted by molar-refractivity contribution is 5.66. The standard InChI is InChI=1S/C21H13F5N2O/c1-12-5-3-6-13(9-12)17-10-15(21(24,25)26)19(27-2)20(29)28(17)11-14-7-4-8-16(22)18(14)23/h3-10H,11H2,1H3. The number of aryl methyl sites for hydroxylation is 1. The minimum atomic E-state index is -4.93. The third-order valence-corrected chi connectivity index (χ3v) is 4.37.